The maximum atomic E-state index is 13.4. The van der Waals surface area contributed by atoms with Gasteiger partial charge in [0.25, 0.3) is 0 Å². The lowest BCUT2D eigenvalue weighted by atomic mass is 9.99. The van der Waals surface area contributed by atoms with Gasteiger partial charge < -0.3 is 15.2 Å². The lowest BCUT2D eigenvalue weighted by Crippen LogP contribution is -2.53. The van der Waals surface area contributed by atoms with E-state index in [1.165, 1.54) is 18.2 Å². The number of halogens is 2. The van der Waals surface area contributed by atoms with Crippen LogP contribution in [-0.2, 0) is 26.0 Å². The average Bonchev–Trinajstić information content (AvgIpc) is 3.30. The number of hydrogen-bond acceptors (Lipinski definition) is 5. The molecule has 206 valence electrons. The molecule has 0 aliphatic carbocycles. The molecule has 3 aromatic rings. The zero-order valence-corrected chi connectivity index (χ0v) is 23.6. The van der Waals surface area contributed by atoms with Crippen molar-refractivity contribution in [3.8, 4) is 16.9 Å². The Balaban J connectivity index is 1.52. The van der Waals surface area contributed by atoms with Crippen LogP contribution in [0.1, 0.15) is 18.9 Å². The van der Waals surface area contributed by atoms with Gasteiger partial charge >= 0.3 is 5.97 Å². The number of amides is 1. The fraction of sp³-hybridized carbons (Fsp3) is 0.286. The molecule has 0 radical (unpaired) electrons. The molecule has 0 aromatic heterocycles. The predicted octanol–water partition coefficient (Wildman–Crippen LogP) is 4.88. The summed E-state index contributed by atoms with van der Waals surface area (Å²) in [6, 6.07) is 16.5. The first-order valence-electron chi connectivity index (χ1n) is 12.2. The van der Waals surface area contributed by atoms with Crippen molar-refractivity contribution in [2.75, 3.05) is 13.7 Å². The van der Waals surface area contributed by atoms with Crippen LogP contribution in [0.2, 0.25) is 10.0 Å². The number of para-hydroxylation sites is 1. The second-order valence-corrected chi connectivity index (χ2v) is 12.2. The third kappa shape index (κ3) is 6.38. The summed E-state index contributed by atoms with van der Waals surface area (Å²) in [6.45, 7) is 1.87. The SMILES string of the molecule is COc1ccccc1-c1ccc(C[C@H](NC(=O)[C@@H]2[C@H](C)CCN2S(=O)(=O)c2cc(Cl)cc(Cl)c2)C(=O)O)cc1. The fourth-order valence-electron chi connectivity index (χ4n) is 4.78. The summed E-state index contributed by atoms with van der Waals surface area (Å²) in [6.07, 6.45) is 0.457. The number of benzene rings is 3. The number of carbonyl (C=O) groups excluding carboxylic acids is 1. The van der Waals surface area contributed by atoms with E-state index >= 15 is 0 Å². The van der Waals surface area contributed by atoms with Gasteiger partial charge in [0.1, 0.15) is 17.8 Å². The molecule has 4 rings (SSSR count). The van der Waals surface area contributed by atoms with E-state index < -0.39 is 34.0 Å². The third-order valence-corrected chi connectivity index (χ3v) is 9.09. The molecule has 1 amide bonds. The van der Waals surface area contributed by atoms with Crippen LogP contribution in [0.15, 0.2) is 71.6 Å². The van der Waals surface area contributed by atoms with Crippen LogP contribution in [0.25, 0.3) is 11.1 Å². The summed E-state index contributed by atoms with van der Waals surface area (Å²) in [5, 5.41) is 12.7. The van der Waals surface area contributed by atoms with E-state index in [9.17, 15) is 23.1 Å². The van der Waals surface area contributed by atoms with Crippen LogP contribution in [0.3, 0.4) is 0 Å². The summed E-state index contributed by atoms with van der Waals surface area (Å²) in [4.78, 5) is 25.3. The van der Waals surface area contributed by atoms with Gasteiger partial charge in [0.2, 0.25) is 15.9 Å². The van der Waals surface area contributed by atoms with E-state index in [0.29, 0.717) is 17.7 Å². The molecule has 0 bridgehead atoms. The van der Waals surface area contributed by atoms with E-state index in [4.69, 9.17) is 27.9 Å². The van der Waals surface area contributed by atoms with Crippen molar-refractivity contribution >= 4 is 45.1 Å². The van der Waals surface area contributed by atoms with Crippen molar-refractivity contribution in [3.05, 3.63) is 82.3 Å². The number of carboxylic acids is 1. The second kappa shape index (κ2) is 12.0. The zero-order valence-electron chi connectivity index (χ0n) is 21.3. The minimum Gasteiger partial charge on any atom is -0.496 e. The predicted molar refractivity (Wildman–Crippen MR) is 150 cm³/mol. The highest BCUT2D eigenvalue weighted by atomic mass is 35.5. The molecule has 3 aromatic carbocycles. The van der Waals surface area contributed by atoms with Gasteiger partial charge in [0.15, 0.2) is 0 Å². The molecule has 39 heavy (non-hydrogen) atoms. The quantitative estimate of drug-likeness (QED) is 0.367. The smallest absolute Gasteiger partial charge is 0.326 e. The van der Waals surface area contributed by atoms with Gasteiger partial charge in [-0.25, -0.2) is 13.2 Å². The number of carboxylic acid groups (broad SMARTS) is 1. The highest BCUT2D eigenvalue weighted by Gasteiger charge is 2.44. The van der Waals surface area contributed by atoms with E-state index in [2.05, 4.69) is 5.32 Å². The molecule has 0 spiro atoms. The van der Waals surface area contributed by atoms with Gasteiger partial charge in [-0.05, 0) is 47.7 Å². The molecule has 11 heteroatoms. The lowest BCUT2D eigenvalue weighted by molar-refractivity contribution is -0.142. The number of methoxy groups -OCH3 is 1. The first kappa shape index (κ1) is 28.9. The maximum Gasteiger partial charge on any atom is 0.326 e. The monoisotopic (exact) mass is 590 g/mol. The molecule has 1 aliphatic rings. The highest BCUT2D eigenvalue weighted by Crippen LogP contribution is 2.33. The normalized spacial score (nSPS) is 18.5. The van der Waals surface area contributed by atoms with Crippen LogP contribution in [0.4, 0.5) is 0 Å². The van der Waals surface area contributed by atoms with Crippen molar-refractivity contribution in [2.45, 2.75) is 36.7 Å². The summed E-state index contributed by atoms with van der Waals surface area (Å²) in [7, 11) is -2.52. The molecule has 1 heterocycles. The van der Waals surface area contributed by atoms with Gasteiger partial charge in [-0.1, -0.05) is 72.6 Å². The minimum absolute atomic E-state index is 0.0189. The Morgan fingerprint density at radius 2 is 1.72 bits per heavy atom. The molecule has 1 saturated heterocycles. The number of sulfonamides is 1. The molecule has 8 nitrogen and oxygen atoms in total. The van der Waals surface area contributed by atoms with E-state index in [0.717, 1.165) is 15.4 Å². The van der Waals surface area contributed by atoms with Crippen LogP contribution in [-0.4, -0.2) is 55.4 Å². The lowest BCUT2D eigenvalue weighted by Gasteiger charge is -2.27. The standard InChI is InChI=1S/C28H28Cl2N2O6S/c1-17-11-12-32(39(36,37)22-15-20(29)14-21(30)16-22)26(17)27(33)31-24(28(34)35)13-18-7-9-19(10-8-18)23-5-3-4-6-25(23)38-2/h3-10,14-17,24,26H,11-13H2,1-2H3,(H,31,33)(H,34,35)/t17-,24+,26+/m1/s1. The highest BCUT2D eigenvalue weighted by molar-refractivity contribution is 7.89. The third-order valence-electron chi connectivity index (χ3n) is 6.79. The molecule has 1 fully saturated rings. The molecule has 0 unspecified atom stereocenters. The van der Waals surface area contributed by atoms with Crippen LogP contribution in [0.5, 0.6) is 5.75 Å². The van der Waals surface area contributed by atoms with Crippen molar-refractivity contribution in [1.82, 2.24) is 9.62 Å². The Bertz CT molecular complexity index is 1460. The summed E-state index contributed by atoms with van der Waals surface area (Å²) >= 11 is 12.0. The van der Waals surface area contributed by atoms with Crippen LogP contribution >= 0.6 is 23.2 Å². The van der Waals surface area contributed by atoms with Crippen molar-refractivity contribution in [1.29, 1.82) is 0 Å². The first-order valence-corrected chi connectivity index (χ1v) is 14.4. The first-order chi connectivity index (χ1) is 18.5. The molecule has 3 atom stereocenters. The Labute approximate surface area is 237 Å². The number of ether oxygens (including phenoxy) is 1. The number of nitrogens with zero attached hydrogens (tertiary/aromatic N) is 1. The molecular formula is C28H28Cl2N2O6S. The van der Waals surface area contributed by atoms with Gasteiger partial charge in [0.05, 0.1) is 12.0 Å². The minimum atomic E-state index is -4.12. The topological polar surface area (TPSA) is 113 Å². The van der Waals surface area contributed by atoms with Crippen LogP contribution in [0, 0.1) is 5.92 Å². The second-order valence-electron chi connectivity index (χ2n) is 9.43. The molecule has 1 aliphatic heterocycles. The van der Waals surface area contributed by atoms with E-state index in [-0.39, 0.29) is 33.8 Å². The zero-order chi connectivity index (χ0) is 28.3. The van der Waals surface area contributed by atoms with Gasteiger partial charge in [-0.2, -0.15) is 4.31 Å². The van der Waals surface area contributed by atoms with E-state index in [1.54, 1.807) is 26.2 Å². The van der Waals surface area contributed by atoms with Gasteiger partial charge in [-0.15, -0.1) is 0 Å². The molecular weight excluding hydrogens is 563 g/mol. The molecule has 0 saturated carbocycles. The van der Waals surface area contributed by atoms with Crippen molar-refractivity contribution < 1.29 is 27.9 Å². The average molecular weight is 592 g/mol. The fourth-order valence-corrected chi connectivity index (χ4v) is 7.21. The number of carbonyl (C=O) groups is 2. The Morgan fingerprint density at radius 3 is 2.33 bits per heavy atom. The van der Waals surface area contributed by atoms with Crippen molar-refractivity contribution in [2.24, 2.45) is 5.92 Å². The Hall–Kier alpha value is -3.11. The molecule has 2 N–H and O–H groups in total. The van der Waals surface area contributed by atoms with Crippen molar-refractivity contribution in [3.63, 3.8) is 0 Å². The summed E-state index contributed by atoms with van der Waals surface area (Å²) < 4.78 is 33.3. The number of hydrogen-bond donors (Lipinski definition) is 2. The largest absolute Gasteiger partial charge is 0.496 e. The maximum absolute atomic E-state index is 13.4. The van der Waals surface area contributed by atoms with E-state index in [1.807, 2.05) is 36.4 Å². The van der Waals surface area contributed by atoms with Crippen LogP contribution < -0.4 is 10.1 Å². The van der Waals surface area contributed by atoms with Gasteiger partial charge in [-0.3, -0.25) is 4.79 Å². The number of nitrogens with one attached hydrogen (secondary N) is 1. The number of aliphatic carboxylic acids is 1. The summed E-state index contributed by atoms with van der Waals surface area (Å²) in [5.74, 6) is -1.51. The van der Waals surface area contributed by atoms with Gasteiger partial charge in [0, 0.05) is 28.6 Å². The Morgan fingerprint density at radius 1 is 1.08 bits per heavy atom. The Kier molecular flexibility index (Phi) is 8.86. The summed E-state index contributed by atoms with van der Waals surface area (Å²) in [5.41, 5.74) is 2.49. The number of rotatable bonds is 9.